The van der Waals surface area contributed by atoms with E-state index >= 15 is 0 Å². The summed E-state index contributed by atoms with van der Waals surface area (Å²) in [6.07, 6.45) is 1.85. The lowest BCUT2D eigenvalue weighted by Gasteiger charge is -2.01. The lowest BCUT2D eigenvalue weighted by molar-refractivity contribution is -0.119. The average Bonchev–Trinajstić information content (AvgIpc) is 2.69. The van der Waals surface area contributed by atoms with Gasteiger partial charge in [0.05, 0.1) is 13.1 Å². The van der Waals surface area contributed by atoms with Gasteiger partial charge in [-0.3, -0.25) is 9.20 Å². The van der Waals surface area contributed by atoms with Gasteiger partial charge in [0, 0.05) is 6.20 Å². The van der Waals surface area contributed by atoms with Gasteiger partial charge in [-0.1, -0.05) is 6.07 Å². The Bertz CT molecular complexity index is 478. The highest BCUT2D eigenvalue weighted by molar-refractivity contribution is 5.77. The Kier molecular flexibility index (Phi) is 2.59. The maximum atomic E-state index is 10.9. The van der Waals surface area contributed by atoms with Crippen molar-refractivity contribution in [3.05, 3.63) is 30.2 Å². The third-order valence-electron chi connectivity index (χ3n) is 2.01. The van der Waals surface area contributed by atoms with Gasteiger partial charge in [0.2, 0.25) is 5.91 Å². The molecule has 6 heteroatoms. The van der Waals surface area contributed by atoms with Crippen LogP contribution in [0.2, 0.25) is 0 Å². The van der Waals surface area contributed by atoms with E-state index in [0.29, 0.717) is 12.4 Å². The summed E-state index contributed by atoms with van der Waals surface area (Å²) in [5.41, 5.74) is 5.93. The lowest BCUT2D eigenvalue weighted by Crippen LogP contribution is -2.30. The summed E-state index contributed by atoms with van der Waals surface area (Å²) in [5.74, 6) is 0.482. The van der Waals surface area contributed by atoms with Gasteiger partial charge < -0.3 is 11.1 Å². The third kappa shape index (κ3) is 1.94. The average molecular weight is 205 g/mol. The van der Waals surface area contributed by atoms with Crippen LogP contribution < -0.4 is 11.1 Å². The molecule has 6 nitrogen and oxygen atoms in total. The Morgan fingerprint density at radius 3 is 3.13 bits per heavy atom. The van der Waals surface area contributed by atoms with Crippen molar-refractivity contribution >= 4 is 11.6 Å². The molecule has 0 saturated heterocycles. The number of aromatic nitrogens is 3. The second kappa shape index (κ2) is 4.05. The first-order chi connectivity index (χ1) is 7.31. The Morgan fingerprint density at radius 2 is 2.33 bits per heavy atom. The topological polar surface area (TPSA) is 85.3 Å². The van der Waals surface area contributed by atoms with E-state index < -0.39 is 0 Å². The molecule has 78 valence electrons. The Morgan fingerprint density at radius 1 is 1.47 bits per heavy atom. The van der Waals surface area contributed by atoms with Crippen LogP contribution in [0.1, 0.15) is 5.82 Å². The van der Waals surface area contributed by atoms with Crippen LogP contribution in [-0.2, 0) is 11.3 Å². The van der Waals surface area contributed by atoms with Crippen LogP contribution in [0.25, 0.3) is 5.65 Å². The number of carbonyl (C=O) groups excluding carboxylic acids is 1. The van der Waals surface area contributed by atoms with Crippen molar-refractivity contribution in [3.8, 4) is 0 Å². The molecule has 0 aliphatic carbocycles. The molecule has 0 aliphatic rings. The molecule has 1 amide bonds. The molecular weight excluding hydrogens is 194 g/mol. The number of nitrogens with two attached hydrogens (primary N) is 1. The molecule has 2 aromatic rings. The number of hydrogen-bond acceptors (Lipinski definition) is 4. The molecule has 0 radical (unpaired) electrons. The first kappa shape index (κ1) is 9.60. The van der Waals surface area contributed by atoms with Crippen LogP contribution in [0.5, 0.6) is 0 Å². The van der Waals surface area contributed by atoms with Gasteiger partial charge in [-0.2, -0.15) is 0 Å². The molecule has 2 heterocycles. The number of nitrogens with one attached hydrogen (secondary N) is 1. The van der Waals surface area contributed by atoms with E-state index in [4.69, 9.17) is 5.73 Å². The number of rotatable bonds is 3. The maximum absolute atomic E-state index is 10.9. The van der Waals surface area contributed by atoms with Crippen molar-refractivity contribution in [2.24, 2.45) is 5.73 Å². The largest absolute Gasteiger partial charge is 0.348 e. The maximum Gasteiger partial charge on any atom is 0.234 e. The molecule has 15 heavy (non-hydrogen) atoms. The number of nitrogens with zero attached hydrogens (tertiary/aromatic N) is 3. The minimum absolute atomic E-state index is 0.0171. The van der Waals surface area contributed by atoms with E-state index in [9.17, 15) is 4.79 Å². The van der Waals surface area contributed by atoms with E-state index in [1.807, 2.05) is 28.8 Å². The van der Waals surface area contributed by atoms with Crippen LogP contribution in [0.15, 0.2) is 24.4 Å². The fraction of sp³-hybridized carbons (Fsp3) is 0.222. The summed E-state index contributed by atoms with van der Waals surface area (Å²) in [4.78, 5) is 10.9. The van der Waals surface area contributed by atoms with Gasteiger partial charge in [0.15, 0.2) is 11.5 Å². The zero-order valence-electron chi connectivity index (χ0n) is 8.05. The monoisotopic (exact) mass is 205 g/mol. The number of carbonyl (C=O) groups is 1. The molecule has 3 N–H and O–H groups in total. The van der Waals surface area contributed by atoms with Crippen molar-refractivity contribution in [2.75, 3.05) is 6.54 Å². The first-order valence-corrected chi connectivity index (χ1v) is 4.56. The van der Waals surface area contributed by atoms with Gasteiger partial charge >= 0.3 is 0 Å². The van der Waals surface area contributed by atoms with Gasteiger partial charge in [0.25, 0.3) is 0 Å². The van der Waals surface area contributed by atoms with Gasteiger partial charge in [-0.25, -0.2) is 0 Å². The standard InChI is InChI=1S/C9H11N5O/c10-5-9(15)11-6-8-13-12-7-3-1-2-4-14(7)8/h1-4H,5-6,10H2,(H,11,15). The molecule has 0 saturated carbocycles. The normalized spacial score (nSPS) is 10.5. The summed E-state index contributed by atoms with van der Waals surface area (Å²) < 4.78 is 1.82. The number of pyridine rings is 1. The molecule has 0 aromatic carbocycles. The molecule has 0 spiro atoms. The molecule has 0 aliphatic heterocycles. The number of fused-ring (bicyclic) bond motifs is 1. The van der Waals surface area contributed by atoms with Crippen LogP contribution in [-0.4, -0.2) is 27.0 Å². The molecule has 0 fully saturated rings. The van der Waals surface area contributed by atoms with Crippen molar-refractivity contribution in [3.63, 3.8) is 0 Å². The molecule has 2 rings (SSSR count). The van der Waals surface area contributed by atoms with Gasteiger partial charge in [-0.05, 0) is 12.1 Å². The number of hydrogen-bond donors (Lipinski definition) is 2. The van der Waals surface area contributed by atoms with Gasteiger partial charge in [-0.15, -0.1) is 10.2 Å². The Balaban J connectivity index is 2.18. The van der Waals surface area contributed by atoms with E-state index in [1.54, 1.807) is 0 Å². The van der Waals surface area contributed by atoms with Crippen LogP contribution >= 0.6 is 0 Å². The van der Waals surface area contributed by atoms with Crippen molar-refractivity contribution < 1.29 is 4.79 Å². The number of amides is 1. The van der Waals surface area contributed by atoms with E-state index in [-0.39, 0.29) is 12.5 Å². The van der Waals surface area contributed by atoms with Crippen molar-refractivity contribution in [2.45, 2.75) is 6.54 Å². The molecular formula is C9H11N5O. The molecule has 2 aromatic heterocycles. The molecule has 0 atom stereocenters. The first-order valence-electron chi connectivity index (χ1n) is 4.56. The molecule has 0 unspecified atom stereocenters. The van der Waals surface area contributed by atoms with Crippen molar-refractivity contribution in [1.82, 2.24) is 19.9 Å². The smallest absolute Gasteiger partial charge is 0.234 e. The predicted molar refractivity (Wildman–Crippen MR) is 53.9 cm³/mol. The van der Waals surface area contributed by atoms with E-state index in [1.165, 1.54) is 0 Å². The van der Waals surface area contributed by atoms with Crippen LogP contribution in [0, 0.1) is 0 Å². The zero-order chi connectivity index (χ0) is 10.7. The highest BCUT2D eigenvalue weighted by Crippen LogP contribution is 2.01. The third-order valence-corrected chi connectivity index (χ3v) is 2.01. The Labute approximate surface area is 86.1 Å². The summed E-state index contributed by atoms with van der Waals surface area (Å²) in [6.45, 7) is 0.317. The fourth-order valence-electron chi connectivity index (χ4n) is 1.26. The summed E-state index contributed by atoms with van der Waals surface area (Å²) in [6, 6.07) is 5.61. The van der Waals surface area contributed by atoms with E-state index in [0.717, 1.165) is 5.65 Å². The van der Waals surface area contributed by atoms with E-state index in [2.05, 4.69) is 15.5 Å². The lowest BCUT2D eigenvalue weighted by atomic mass is 10.4. The summed E-state index contributed by atoms with van der Waals surface area (Å²) in [5, 5.41) is 10.6. The SMILES string of the molecule is NCC(=O)NCc1nnc2ccccn12. The summed E-state index contributed by atoms with van der Waals surface area (Å²) in [7, 11) is 0. The quantitative estimate of drug-likeness (QED) is 0.694. The fourth-order valence-corrected chi connectivity index (χ4v) is 1.26. The minimum Gasteiger partial charge on any atom is -0.348 e. The second-order valence-corrected chi connectivity index (χ2v) is 3.03. The van der Waals surface area contributed by atoms with Crippen LogP contribution in [0.3, 0.4) is 0 Å². The van der Waals surface area contributed by atoms with Crippen molar-refractivity contribution in [1.29, 1.82) is 0 Å². The highest BCUT2D eigenvalue weighted by Gasteiger charge is 2.05. The van der Waals surface area contributed by atoms with Gasteiger partial charge in [0.1, 0.15) is 0 Å². The second-order valence-electron chi connectivity index (χ2n) is 3.03. The predicted octanol–water partition coefficient (Wildman–Crippen LogP) is -0.696. The minimum atomic E-state index is -0.206. The highest BCUT2D eigenvalue weighted by atomic mass is 16.1. The van der Waals surface area contributed by atoms with Crippen LogP contribution in [0.4, 0.5) is 0 Å². The Hall–Kier alpha value is -1.95. The summed E-state index contributed by atoms with van der Waals surface area (Å²) >= 11 is 0. The zero-order valence-corrected chi connectivity index (χ0v) is 8.05. The molecule has 0 bridgehead atoms.